The largest absolute Gasteiger partial charge is 0.384 e. The number of aryl methyl sites for hydroxylation is 1. The van der Waals surface area contributed by atoms with Crippen molar-refractivity contribution in [3.05, 3.63) is 65.2 Å². The van der Waals surface area contributed by atoms with Crippen molar-refractivity contribution in [1.29, 1.82) is 0 Å². The van der Waals surface area contributed by atoms with Gasteiger partial charge < -0.3 is 5.11 Å². The first kappa shape index (κ1) is 16.8. The molecular weight excluding hydrogens is 326 g/mol. The lowest BCUT2D eigenvalue weighted by Crippen LogP contribution is -2.39. The van der Waals surface area contributed by atoms with Gasteiger partial charge in [-0.05, 0) is 43.0 Å². The molecule has 6 heteroatoms. The number of hydrogen-bond donors (Lipinski definition) is 2. The van der Waals surface area contributed by atoms with Crippen molar-refractivity contribution in [2.75, 3.05) is 6.54 Å². The van der Waals surface area contributed by atoms with Crippen LogP contribution in [0.25, 0.3) is 0 Å². The number of nitrogens with one attached hydrogen (secondary N) is 1. The highest BCUT2D eigenvalue weighted by Crippen LogP contribution is 2.36. The molecule has 0 saturated carbocycles. The highest BCUT2D eigenvalue weighted by atomic mass is 32.2. The van der Waals surface area contributed by atoms with E-state index in [1.807, 2.05) is 24.3 Å². The Hall–Kier alpha value is -2.02. The molecule has 24 heavy (non-hydrogen) atoms. The Bertz CT molecular complexity index is 874. The van der Waals surface area contributed by atoms with Crippen LogP contribution < -0.4 is 4.72 Å². The normalized spacial score (nSPS) is 19.9. The molecule has 0 radical (unpaired) electrons. The molecule has 5 nitrogen and oxygen atoms in total. The van der Waals surface area contributed by atoms with Crippen LogP contribution in [-0.2, 0) is 22.0 Å². The van der Waals surface area contributed by atoms with Gasteiger partial charge in [-0.2, -0.15) is 0 Å². The van der Waals surface area contributed by atoms with Crippen LogP contribution in [0.5, 0.6) is 0 Å². The molecule has 2 N–H and O–H groups in total. The number of fused-ring (bicyclic) bond motifs is 1. The zero-order chi connectivity index (χ0) is 17.4. The summed E-state index contributed by atoms with van der Waals surface area (Å²) in [6.45, 7) is 1.34. The molecule has 0 saturated heterocycles. The van der Waals surface area contributed by atoms with Crippen molar-refractivity contribution in [1.82, 2.24) is 4.72 Å². The van der Waals surface area contributed by atoms with Gasteiger partial charge in [-0.25, -0.2) is 13.1 Å². The number of Topliss-reactive ketones (excluding diaryl/α,β-unsaturated/α-hetero) is 1. The first-order chi connectivity index (χ1) is 11.3. The zero-order valence-electron chi connectivity index (χ0n) is 13.3. The average molecular weight is 345 g/mol. The summed E-state index contributed by atoms with van der Waals surface area (Å²) in [4.78, 5) is 11.3. The van der Waals surface area contributed by atoms with Crippen molar-refractivity contribution >= 4 is 15.8 Å². The molecule has 0 heterocycles. The molecular formula is C18H19NO4S. The molecule has 2 aromatic rings. The number of hydrogen-bond acceptors (Lipinski definition) is 4. The van der Waals surface area contributed by atoms with Gasteiger partial charge in [0.05, 0.1) is 4.90 Å². The summed E-state index contributed by atoms with van der Waals surface area (Å²) in [5.41, 5.74) is 1.09. The zero-order valence-corrected chi connectivity index (χ0v) is 14.1. The minimum atomic E-state index is -3.75. The number of ketones is 1. The second kappa shape index (κ2) is 6.12. The monoisotopic (exact) mass is 345 g/mol. The highest BCUT2D eigenvalue weighted by Gasteiger charge is 2.37. The number of carbonyl (C=O) groups is 1. The predicted molar refractivity (Wildman–Crippen MR) is 90.3 cm³/mol. The molecule has 1 aliphatic carbocycles. The van der Waals surface area contributed by atoms with Crippen LogP contribution in [0, 0.1) is 0 Å². The molecule has 1 aliphatic rings. The summed E-state index contributed by atoms with van der Waals surface area (Å²) in [7, 11) is -3.75. The third-order valence-electron chi connectivity index (χ3n) is 4.45. The first-order valence-electron chi connectivity index (χ1n) is 7.73. The molecule has 2 aromatic carbocycles. The van der Waals surface area contributed by atoms with E-state index in [0.717, 1.165) is 17.5 Å². The van der Waals surface area contributed by atoms with Gasteiger partial charge in [0.2, 0.25) is 10.0 Å². The average Bonchev–Trinajstić information content (AvgIpc) is 2.92. The smallest absolute Gasteiger partial charge is 0.240 e. The molecule has 0 aromatic heterocycles. The summed E-state index contributed by atoms with van der Waals surface area (Å²) >= 11 is 0. The van der Waals surface area contributed by atoms with Crippen molar-refractivity contribution in [3.63, 3.8) is 0 Å². The van der Waals surface area contributed by atoms with E-state index in [9.17, 15) is 18.3 Å². The summed E-state index contributed by atoms with van der Waals surface area (Å²) in [5.74, 6) is -0.121. The third-order valence-corrected chi connectivity index (χ3v) is 5.87. The van der Waals surface area contributed by atoms with E-state index in [1.165, 1.54) is 31.2 Å². The maximum absolute atomic E-state index is 12.4. The van der Waals surface area contributed by atoms with E-state index < -0.39 is 15.6 Å². The van der Waals surface area contributed by atoms with Gasteiger partial charge in [0, 0.05) is 12.1 Å². The van der Waals surface area contributed by atoms with Gasteiger partial charge in [-0.15, -0.1) is 0 Å². The van der Waals surface area contributed by atoms with Crippen molar-refractivity contribution in [3.8, 4) is 0 Å². The van der Waals surface area contributed by atoms with Crippen LogP contribution in [0.2, 0.25) is 0 Å². The Balaban J connectivity index is 1.77. The summed E-state index contributed by atoms with van der Waals surface area (Å²) in [5, 5.41) is 10.8. The fourth-order valence-electron chi connectivity index (χ4n) is 3.02. The summed E-state index contributed by atoms with van der Waals surface area (Å²) in [6, 6.07) is 13.3. The van der Waals surface area contributed by atoms with Crippen LogP contribution >= 0.6 is 0 Å². The van der Waals surface area contributed by atoms with E-state index in [4.69, 9.17) is 0 Å². The fourth-order valence-corrected chi connectivity index (χ4v) is 4.11. The second-order valence-electron chi connectivity index (χ2n) is 6.09. The third kappa shape index (κ3) is 3.13. The second-order valence-corrected chi connectivity index (χ2v) is 7.86. The predicted octanol–water partition coefficient (Wildman–Crippen LogP) is 2.00. The maximum Gasteiger partial charge on any atom is 0.240 e. The maximum atomic E-state index is 12.4. The van der Waals surface area contributed by atoms with E-state index in [0.29, 0.717) is 12.0 Å². The Morgan fingerprint density at radius 3 is 2.50 bits per heavy atom. The van der Waals surface area contributed by atoms with Gasteiger partial charge >= 0.3 is 0 Å². The minimum absolute atomic E-state index is 0.0717. The summed E-state index contributed by atoms with van der Waals surface area (Å²) < 4.78 is 27.3. The molecule has 0 spiro atoms. The first-order valence-corrected chi connectivity index (χ1v) is 9.22. The van der Waals surface area contributed by atoms with E-state index >= 15 is 0 Å². The Morgan fingerprint density at radius 1 is 1.17 bits per heavy atom. The van der Waals surface area contributed by atoms with Crippen LogP contribution in [0.4, 0.5) is 0 Å². The van der Waals surface area contributed by atoms with Gasteiger partial charge in [-0.3, -0.25) is 4.79 Å². The Kier molecular flexibility index (Phi) is 4.29. The van der Waals surface area contributed by atoms with Gasteiger partial charge in [0.1, 0.15) is 5.60 Å². The number of aliphatic hydroxyl groups is 1. The molecule has 0 aliphatic heterocycles. The lowest BCUT2D eigenvalue weighted by Gasteiger charge is -2.24. The van der Waals surface area contributed by atoms with Crippen molar-refractivity contribution < 1.29 is 18.3 Å². The molecule has 1 unspecified atom stereocenters. The molecule has 1 atom stereocenters. The Morgan fingerprint density at radius 2 is 1.83 bits per heavy atom. The van der Waals surface area contributed by atoms with Crippen molar-refractivity contribution in [2.45, 2.75) is 30.3 Å². The fraction of sp³-hybridized carbons (Fsp3) is 0.278. The van der Waals surface area contributed by atoms with Gasteiger partial charge in [0.15, 0.2) is 5.78 Å². The van der Waals surface area contributed by atoms with Gasteiger partial charge in [-0.1, -0.05) is 36.4 Å². The van der Waals surface area contributed by atoms with Crippen LogP contribution in [0.15, 0.2) is 53.4 Å². The molecule has 126 valence electrons. The standard InChI is InChI=1S/C18H19NO4S/c1-13(20)14-6-8-16(9-7-14)24(22,23)19-12-18(21)11-10-15-4-2-3-5-17(15)18/h2-9,19,21H,10-12H2,1H3. The number of rotatable bonds is 5. The minimum Gasteiger partial charge on any atom is -0.384 e. The van der Waals surface area contributed by atoms with Gasteiger partial charge in [0.25, 0.3) is 0 Å². The van der Waals surface area contributed by atoms with E-state index in [-0.39, 0.29) is 17.2 Å². The lowest BCUT2D eigenvalue weighted by molar-refractivity contribution is 0.0442. The van der Waals surface area contributed by atoms with Crippen LogP contribution in [0.3, 0.4) is 0 Å². The lowest BCUT2D eigenvalue weighted by atomic mass is 9.96. The number of sulfonamides is 1. The molecule has 3 rings (SSSR count). The van der Waals surface area contributed by atoms with Crippen LogP contribution in [-0.4, -0.2) is 25.9 Å². The molecule has 0 amide bonds. The highest BCUT2D eigenvalue weighted by molar-refractivity contribution is 7.89. The van der Waals surface area contributed by atoms with E-state index in [2.05, 4.69) is 4.72 Å². The quantitative estimate of drug-likeness (QED) is 0.812. The topological polar surface area (TPSA) is 83.5 Å². The molecule has 0 fully saturated rings. The number of benzene rings is 2. The SMILES string of the molecule is CC(=O)c1ccc(S(=O)(=O)NCC2(O)CCc3ccccc32)cc1. The van der Waals surface area contributed by atoms with Crippen molar-refractivity contribution in [2.24, 2.45) is 0 Å². The summed E-state index contributed by atoms with van der Waals surface area (Å²) in [6.07, 6.45) is 1.21. The molecule has 0 bridgehead atoms. The number of carbonyl (C=O) groups excluding carboxylic acids is 1. The van der Waals surface area contributed by atoms with Crippen LogP contribution in [0.1, 0.15) is 34.8 Å². The van der Waals surface area contributed by atoms with E-state index in [1.54, 1.807) is 0 Å². The Labute approximate surface area is 141 Å².